The predicted octanol–water partition coefficient (Wildman–Crippen LogP) is 1.47. The molecule has 1 saturated heterocycles. The van der Waals surface area contributed by atoms with Crippen molar-refractivity contribution < 1.29 is 17.6 Å². The van der Waals surface area contributed by atoms with Gasteiger partial charge in [0.15, 0.2) is 5.96 Å². The molecule has 1 amide bonds. The van der Waals surface area contributed by atoms with Crippen LogP contribution in [-0.2, 0) is 14.6 Å². The first-order valence-electron chi connectivity index (χ1n) is 10.1. The third kappa shape index (κ3) is 10.0. The molecule has 1 aromatic rings. The molecule has 1 atom stereocenters. The summed E-state index contributed by atoms with van der Waals surface area (Å²) >= 11 is 0. The van der Waals surface area contributed by atoms with Gasteiger partial charge in [0.1, 0.15) is 15.7 Å². The highest BCUT2D eigenvalue weighted by atomic mass is 127. The topological polar surface area (TPSA) is 94.1 Å². The second kappa shape index (κ2) is 13.0. The van der Waals surface area contributed by atoms with Gasteiger partial charge in [0.2, 0.25) is 5.91 Å². The highest BCUT2D eigenvalue weighted by Gasteiger charge is 2.21. The highest BCUT2D eigenvalue weighted by Crippen LogP contribution is 2.17. The Bertz CT molecular complexity index is 828. The molecule has 11 heteroatoms. The van der Waals surface area contributed by atoms with Crippen LogP contribution in [0.25, 0.3) is 0 Å². The molecule has 0 radical (unpaired) electrons. The number of guanidine groups is 1. The Balaban J connectivity index is 0.00000480. The highest BCUT2D eigenvalue weighted by molar-refractivity contribution is 14.0. The van der Waals surface area contributed by atoms with Crippen LogP contribution in [0.15, 0.2) is 29.3 Å². The second-order valence-corrected chi connectivity index (χ2v) is 9.82. The van der Waals surface area contributed by atoms with Crippen LogP contribution in [0, 0.1) is 5.82 Å². The van der Waals surface area contributed by atoms with E-state index in [0.717, 1.165) is 5.69 Å². The summed E-state index contributed by atoms with van der Waals surface area (Å²) in [7, 11) is -1.36. The van der Waals surface area contributed by atoms with Gasteiger partial charge < -0.3 is 20.4 Å². The molecule has 1 aliphatic rings. The Morgan fingerprint density at radius 3 is 2.35 bits per heavy atom. The number of carbonyl (C=O) groups is 1. The number of nitrogens with one attached hydrogen (secondary N) is 2. The molecule has 1 aromatic carbocycles. The standard InChI is InChI=1S/C20H32FN5O3S.HI/c1-16(9-15-30(3,28)29)24-20(22-2)23-10-8-19(27)26-13-11-25(12-14-26)18-6-4-17(21)5-7-18;/h4-7,16H,8-15H2,1-3H3,(H2,22,23,24);1H. The van der Waals surface area contributed by atoms with E-state index in [9.17, 15) is 17.6 Å². The molecule has 1 aliphatic heterocycles. The molecule has 0 saturated carbocycles. The molecular weight excluding hydrogens is 536 g/mol. The lowest BCUT2D eigenvalue weighted by Gasteiger charge is -2.36. The van der Waals surface area contributed by atoms with Crippen molar-refractivity contribution in [3.63, 3.8) is 0 Å². The number of anilines is 1. The molecule has 31 heavy (non-hydrogen) atoms. The average molecular weight is 569 g/mol. The first-order valence-corrected chi connectivity index (χ1v) is 12.2. The summed E-state index contributed by atoms with van der Waals surface area (Å²) < 4.78 is 35.6. The lowest BCUT2D eigenvalue weighted by molar-refractivity contribution is -0.131. The van der Waals surface area contributed by atoms with Crippen molar-refractivity contribution in [2.75, 3.05) is 56.7 Å². The maximum Gasteiger partial charge on any atom is 0.224 e. The van der Waals surface area contributed by atoms with Crippen molar-refractivity contribution in [1.82, 2.24) is 15.5 Å². The molecule has 2 N–H and O–H groups in total. The largest absolute Gasteiger partial charge is 0.368 e. The zero-order valence-electron chi connectivity index (χ0n) is 18.3. The van der Waals surface area contributed by atoms with Crippen molar-refractivity contribution >= 4 is 51.4 Å². The normalized spacial score (nSPS) is 15.8. The molecule has 2 rings (SSSR count). The van der Waals surface area contributed by atoms with Gasteiger partial charge in [-0.15, -0.1) is 24.0 Å². The van der Waals surface area contributed by atoms with Gasteiger partial charge in [-0.05, 0) is 37.6 Å². The van der Waals surface area contributed by atoms with Crippen LogP contribution in [-0.4, -0.2) is 83.0 Å². The minimum absolute atomic E-state index is 0. The first kappa shape index (κ1) is 27.4. The van der Waals surface area contributed by atoms with Crippen molar-refractivity contribution in [2.24, 2.45) is 4.99 Å². The summed E-state index contributed by atoms with van der Waals surface area (Å²) in [5, 5.41) is 6.24. The van der Waals surface area contributed by atoms with Crippen LogP contribution in [0.5, 0.6) is 0 Å². The van der Waals surface area contributed by atoms with E-state index in [1.807, 2.05) is 11.8 Å². The number of amides is 1. The van der Waals surface area contributed by atoms with E-state index < -0.39 is 9.84 Å². The Morgan fingerprint density at radius 2 is 1.81 bits per heavy atom. The lowest BCUT2D eigenvalue weighted by Crippen LogP contribution is -2.49. The van der Waals surface area contributed by atoms with Gasteiger partial charge in [-0.1, -0.05) is 0 Å². The molecule has 0 aliphatic carbocycles. The van der Waals surface area contributed by atoms with Crippen LogP contribution in [0.1, 0.15) is 19.8 Å². The number of aliphatic imine (C=N–C) groups is 1. The van der Waals surface area contributed by atoms with Gasteiger partial charge in [-0.3, -0.25) is 9.79 Å². The number of nitrogens with zero attached hydrogens (tertiary/aromatic N) is 3. The number of hydrogen-bond donors (Lipinski definition) is 2. The maximum absolute atomic E-state index is 13.1. The molecule has 0 spiro atoms. The van der Waals surface area contributed by atoms with Crippen LogP contribution in [0.4, 0.5) is 10.1 Å². The summed E-state index contributed by atoms with van der Waals surface area (Å²) in [5.41, 5.74) is 0.963. The number of carbonyl (C=O) groups excluding carboxylic acids is 1. The van der Waals surface area contributed by atoms with Crippen LogP contribution in [0.3, 0.4) is 0 Å². The first-order chi connectivity index (χ1) is 14.2. The van der Waals surface area contributed by atoms with E-state index in [-0.39, 0.29) is 47.5 Å². The number of halogens is 2. The minimum atomic E-state index is -3.00. The number of rotatable bonds is 8. The number of hydrogen-bond acceptors (Lipinski definition) is 5. The Morgan fingerprint density at radius 1 is 1.19 bits per heavy atom. The quantitative estimate of drug-likeness (QED) is 0.280. The van der Waals surface area contributed by atoms with E-state index in [2.05, 4.69) is 20.5 Å². The van der Waals surface area contributed by atoms with Gasteiger partial charge in [-0.2, -0.15) is 0 Å². The third-order valence-electron chi connectivity index (χ3n) is 4.98. The van der Waals surface area contributed by atoms with E-state index in [1.165, 1.54) is 18.4 Å². The maximum atomic E-state index is 13.1. The van der Waals surface area contributed by atoms with Crippen LogP contribution >= 0.6 is 24.0 Å². The fourth-order valence-electron chi connectivity index (χ4n) is 3.20. The number of sulfone groups is 1. The predicted molar refractivity (Wildman–Crippen MR) is 134 cm³/mol. The zero-order valence-corrected chi connectivity index (χ0v) is 21.5. The molecule has 0 bridgehead atoms. The summed E-state index contributed by atoms with van der Waals surface area (Å²) in [4.78, 5) is 20.6. The fourth-order valence-corrected chi connectivity index (χ4v) is 3.98. The Labute approximate surface area is 201 Å². The van der Waals surface area contributed by atoms with Crippen molar-refractivity contribution in [3.05, 3.63) is 30.1 Å². The van der Waals surface area contributed by atoms with Gasteiger partial charge in [0, 0.05) is 64.2 Å². The van der Waals surface area contributed by atoms with E-state index in [0.29, 0.717) is 51.5 Å². The molecule has 0 aromatic heterocycles. The van der Waals surface area contributed by atoms with E-state index >= 15 is 0 Å². The van der Waals surface area contributed by atoms with Gasteiger partial charge in [-0.25, -0.2) is 12.8 Å². The minimum Gasteiger partial charge on any atom is -0.368 e. The molecular formula is C20H33FIN5O3S. The molecule has 1 heterocycles. The van der Waals surface area contributed by atoms with Crippen LogP contribution < -0.4 is 15.5 Å². The van der Waals surface area contributed by atoms with Crippen LogP contribution in [0.2, 0.25) is 0 Å². The fraction of sp³-hybridized carbons (Fsp3) is 0.600. The van der Waals surface area contributed by atoms with Crippen molar-refractivity contribution in [1.29, 1.82) is 0 Å². The smallest absolute Gasteiger partial charge is 0.224 e. The summed E-state index contributed by atoms with van der Waals surface area (Å²) in [5.74, 6) is 0.474. The summed E-state index contributed by atoms with van der Waals surface area (Å²) in [6.45, 7) is 5.02. The summed E-state index contributed by atoms with van der Waals surface area (Å²) in [6.07, 6.45) is 2.05. The lowest BCUT2D eigenvalue weighted by atomic mass is 10.2. The van der Waals surface area contributed by atoms with Gasteiger partial charge in [0.05, 0.1) is 5.75 Å². The SMILES string of the molecule is CN=C(NCCC(=O)N1CCN(c2ccc(F)cc2)CC1)NC(C)CCS(C)(=O)=O.I. The Hall–Kier alpha value is -1.63. The molecule has 176 valence electrons. The molecule has 1 fully saturated rings. The number of piperazine rings is 1. The zero-order chi connectivity index (χ0) is 22.1. The van der Waals surface area contributed by atoms with Crippen molar-refractivity contribution in [3.8, 4) is 0 Å². The van der Waals surface area contributed by atoms with E-state index in [4.69, 9.17) is 0 Å². The van der Waals surface area contributed by atoms with Crippen molar-refractivity contribution in [2.45, 2.75) is 25.8 Å². The number of benzene rings is 1. The molecule has 1 unspecified atom stereocenters. The van der Waals surface area contributed by atoms with E-state index in [1.54, 1.807) is 19.2 Å². The van der Waals surface area contributed by atoms with Gasteiger partial charge >= 0.3 is 0 Å². The Kier molecular flexibility index (Phi) is 11.5. The van der Waals surface area contributed by atoms with Gasteiger partial charge in [0.25, 0.3) is 0 Å². The molecule has 8 nitrogen and oxygen atoms in total. The third-order valence-corrected chi connectivity index (χ3v) is 5.96. The second-order valence-electron chi connectivity index (χ2n) is 7.56. The average Bonchev–Trinajstić information content (AvgIpc) is 2.71. The summed E-state index contributed by atoms with van der Waals surface area (Å²) in [6, 6.07) is 6.35. The monoisotopic (exact) mass is 569 g/mol.